The van der Waals surface area contributed by atoms with Crippen LogP contribution in [-0.4, -0.2) is 29.9 Å². The van der Waals surface area contributed by atoms with Crippen LogP contribution in [0.2, 0.25) is 0 Å². The van der Waals surface area contributed by atoms with Crippen LogP contribution in [-0.2, 0) is 0 Å². The molecule has 140 valence electrons. The van der Waals surface area contributed by atoms with Crippen molar-refractivity contribution in [3.05, 3.63) is 79.6 Å². The van der Waals surface area contributed by atoms with Crippen LogP contribution < -0.4 is 10.6 Å². The molecule has 3 heterocycles. The highest BCUT2D eigenvalue weighted by Crippen LogP contribution is 2.24. The van der Waals surface area contributed by atoms with E-state index in [-0.39, 0.29) is 0 Å². The number of benzene rings is 2. The molecule has 0 fully saturated rings. The Bertz CT molecular complexity index is 1250. The molecule has 0 spiro atoms. The molecule has 29 heavy (non-hydrogen) atoms. The van der Waals surface area contributed by atoms with Crippen LogP contribution in [0, 0.1) is 0 Å². The van der Waals surface area contributed by atoms with Crippen LogP contribution in [0.25, 0.3) is 22.4 Å². The van der Waals surface area contributed by atoms with Gasteiger partial charge in [0.05, 0.1) is 12.0 Å². The first kappa shape index (κ1) is 16.8. The zero-order valence-corrected chi connectivity index (χ0v) is 15.2. The van der Waals surface area contributed by atoms with Crippen molar-refractivity contribution in [2.45, 2.75) is 0 Å². The number of hydrogen-bond acceptors (Lipinski definition) is 7. The number of aromatic nitrogens is 6. The summed E-state index contributed by atoms with van der Waals surface area (Å²) in [5.74, 6) is 1.41. The van der Waals surface area contributed by atoms with Crippen LogP contribution in [0.1, 0.15) is 0 Å². The van der Waals surface area contributed by atoms with E-state index in [2.05, 4.69) is 40.5 Å². The van der Waals surface area contributed by atoms with E-state index in [1.165, 1.54) is 6.33 Å². The quantitative estimate of drug-likeness (QED) is 0.418. The van der Waals surface area contributed by atoms with Gasteiger partial charge < -0.3 is 15.6 Å². The molecule has 0 unspecified atom stereocenters. The molecule has 0 bridgehead atoms. The number of fused-ring (bicyclic) bond motifs is 1. The Balaban J connectivity index is 1.33. The first-order chi connectivity index (χ1) is 14.3. The molecule has 8 nitrogen and oxygen atoms in total. The summed E-state index contributed by atoms with van der Waals surface area (Å²) < 4.78 is 0. The molecule has 5 rings (SSSR count). The standard InChI is InChI=1S/C21H16N8/c1-2-4-14(5-3-1)17-10-18(23-11-22-17)28-15-6-8-16(9-7-15)29-21-19-20(25-12-24-19)26-13-27-21/h1-13H,(H,22,23,28)(H2,24,25,26,27,29). The summed E-state index contributed by atoms with van der Waals surface area (Å²) in [6.45, 7) is 0. The summed E-state index contributed by atoms with van der Waals surface area (Å²) in [5, 5.41) is 6.59. The van der Waals surface area contributed by atoms with Crippen LogP contribution in [0.5, 0.6) is 0 Å². The first-order valence-corrected chi connectivity index (χ1v) is 9.01. The smallest absolute Gasteiger partial charge is 0.182 e. The van der Waals surface area contributed by atoms with Crippen molar-refractivity contribution < 1.29 is 0 Å². The maximum Gasteiger partial charge on any atom is 0.182 e. The van der Waals surface area contributed by atoms with Crippen molar-refractivity contribution in [1.82, 2.24) is 29.9 Å². The number of rotatable bonds is 5. The lowest BCUT2D eigenvalue weighted by Gasteiger charge is -2.09. The van der Waals surface area contributed by atoms with Gasteiger partial charge in [0.1, 0.15) is 24.0 Å². The minimum atomic E-state index is 0.624. The highest BCUT2D eigenvalue weighted by atomic mass is 15.1. The van der Waals surface area contributed by atoms with E-state index in [4.69, 9.17) is 0 Å². The fourth-order valence-corrected chi connectivity index (χ4v) is 2.97. The summed E-state index contributed by atoms with van der Waals surface area (Å²) >= 11 is 0. The second-order valence-corrected chi connectivity index (χ2v) is 6.31. The molecule has 0 saturated carbocycles. The van der Waals surface area contributed by atoms with Gasteiger partial charge in [0.15, 0.2) is 11.5 Å². The number of aromatic amines is 1. The van der Waals surface area contributed by atoms with E-state index in [0.717, 1.165) is 34.0 Å². The second kappa shape index (κ2) is 7.35. The Hall–Kier alpha value is -4.33. The third kappa shape index (κ3) is 3.59. The van der Waals surface area contributed by atoms with Crippen LogP contribution in [0.15, 0.2) is 79.6 Å². The highest BCUT2D eigenvalue weighted by molar-refractivity contribution is 5.84. The Kier molecular flexibility index (Phi) is 4.26. The molecule has 0 atom stereocenters. The van der Waals surface area contributed by atoms with Crippen LogP contribution >= 0.6 is 0 Å². The molecular formula is C21H16N8. The zero-order valence-electron chi connectivity index (χ0n) is 15.2. The summed E-state index contributed by atoms with van der Waals surface area (Å²) in [6.07, 6.45) is 4.65. The number of hydrogen-bond donors (Lipinski definition) is 3. The number of nitrogens with one attached hydrogen (secondary N) is 3. The summed E-state index contributed by atoms with van der Waals surface area (Å²) in [4.78, 5) is 24.2. The number of H-pyrrole nitrogens is 1. The summed E-state index contributed by atoms with van der Waals surface area (Å²) in [5.41, 5.74) is 5.13. The molecule has 0 aliphatic heterocycles. The summed E-state index contributed by atoms with van der Waals surface area (Å²) in [6, 6.07) is 19.8. The van der Waals surface area contributed by atoms with Gasteiger partial charge in [-0.2, -0.15) is 0 Å². The van der Waals surface area contributed by atoms with Crippen LogP contribution in [0.4, 0.5) is 23.0 Å². The van der Waals surface area contributed by atoms with Crippen molar-refractivity contribution in [3.63, 3.8) is 0 Å². The van der Waals surface area contributed by atoms with E-state index in [1.54, 1.807) is 12.7 Å². The van der Waals surface area contributed by atoms with E-state index in [0.29, 0.717) is 11.5 Å². The largest absolute Gasteiger partial charge is 0.340 e. The number of imidazole rings is 1. The molecule has 0 amide bonds. The predicted octanol–water partition coefficient (Wildman–Crippen LogP) is 4.30. The monoisotopic (exact) mass is 380 g/mol. The van der Waals surface area contributed by atoms with Gasteiger partial charge >= 0.3 is 0 Å². The van der Waals surface area contributed by atoms with Gasteiger partial charge in [-0.15, -0.1) is 0 Å². The van der Waals surface area contributed by atoms with E-state index < -0.39 is 0 Å². The van der Waals surface area contributed by atoms with Gasteiger partial charge in [-0.3, -0.25) is 0 Å². The Morgan fingerprint density at radius 3 is 2.28 bits per heavy atom. The third-order valence-corrected chi connectivity index (χ3v) is 4.38. The lowest BCUT2D eigenvalue weighted by atomic mass is 10.1. The fraction of sp³-hybridized carbons (Fsp3) is 0. The fourth-order valence-electron chi connectivity index (χ4n) is 2.97. The Morgan fingerprint density at radius 1 is 0.690 bits per heavy atom. The lowest BCUT2D eigenvalue weighted by molar-refractivity contribution is 1.17. The average Bonchev–Trinajstić information content (AvgIpc) is 3.26. The van der Waals surface area contributed by atoms with Crippen molar-refractivity contribution in [3.8, 4) is 11.3 Å². The predicted molar refractivity (Wildman–Crippen MR) is 112 cm³/mol. The Labute approximate surface area is 166 Å². The van der Waals surface area contributed by atoms with Gasteiger partial charge in [-0.25, -0.2) is 24.9 Å². The van der Waals surface area contributed by atoms with Gasteiger partial charge in [0.2, 0.25) is 0 Å². The SMILES string of the molecule is c1ccc(-c2cc(Nc3ccc(Nc4ncnc5nc[nH]c45)cc3)ncn2)cc1. The molecule has 5 aromatic rings. The normalized spacial score (nSPS) is 10.8. The van der Waals surface area contributed by atoms with E-state index in [9.17, 15) is 0 Å². The molecule has 2 aromatic carbocycles. The van der Waals surface area contributed by atoms with Crippen molar-refractivity contribution in [1.29, 1.82) is 0 Å². The lowest BCUT2D eigenvalue weighted by Crippen LogP contribution is -1.97. The minimum absolute atomic E-state index is 0.624. The van der Waals surface area contributed by atoms with Gasteiger partial charge in [-0.05, 0) is 24.3 Å². The Morgan fingerprint density at radius 2 is 1.45 bits per heavy atom. The molecule has 0 saturated heterocycles. The topological polar surface area (TPSA) is 104 Å². The molecular weight excluding hydrogens is 364 g/mol. The van der Waals surface area contributed by atoms with Gasteiger partial charge in [0, 0.05) is 23.0 Å². The van der Waals surface area contributed by atoms with Gasteiger partial charge in [0.25, 0.3) is 0 Å². The van der Waals surface area contributed by atoms with Gasteiger partial charge in [-0.1, -0.05) is 30.3 Å². The maximum atomic E-state index is 4.35. The minimum Gasteiger partial charge on any atom is -0.340 e. The zero-order chi connectivity index (χ0) is 19.5. The first-order valence-electron chi connectivity index (χ1n) is 9.01. The second-order valence-electron chi connectivity index (χ2n) is 6.31. The average molecular weight is 380 g/mol. The molecule has 3 aromatic heterocycles. The third-order valence-electron chi connectivity index (χ3n) is 4.38. The van der Waals surface area contributed by atoms with Crippen molar-refractivity contribution in [2.75, 3.05) is 10.6 Å². The molecule has 0 aliphatic carbocycles. The van der Waals surface area contributed by atoms with E-state index in [1.807, 2.05) is 60.7 Å². The maximum absolute atomic E-state index is 4.35. The summed E-state index contributed by atoms with van der Waals surface area (Å²) in [7, 11) is 0. The molecule has 0 aliphatic rings. The molecule has 0 radical (unpaired) electrons. The van der Waals surface area contributed by atoms with Crippen LogP contribution in [0.3, 0.4) is 0 Å². The molecule has 8 heteroatoms. The van der Waals surface area contributed by atoms with Crippen molar-refractivity contribution >= 4 is 34.2 Å². The molecule has 3 N–H and O–H groups in total. The number of nitrogens with zero attached hydrogens (tertiary/aromatic N) is 5. The van der Waals surface area contributed by atoms with E-state index >= 15 is 0 Å². The highest BCUT2D eigenvalue weighted by Gasteiger charge is 2.06. The van der Waals surface area contributed by atoms with Crippen molar-refractivity contribution in [2.24, 2.45) is 0 Å². The number of anilines is 4.